The summed E-state index contributed by atoms with van der Waals surface area (Å²) in [7, 11) is 0. The molecule has 4 heteroatoms. The summed E-state index contributed by atoms with van der Waals surface area (Å²) in [6, 6.07) is 14.4. The summed E-state index contributed by atoms with van der Waals surface area (Å²) < 4.78 is 0. The van der Waals surface area contributed by atoms with Crippen LogP contribution in [-0.4, -0.2) is 16.7 Å². The first-order valence-electron chi connectivity index (χ1n) is 8.80. The number of rotatable bonds is 4. The van der Waals surface area contributed by atoms with E-state index in [4.69, 9.17) is 10.9 Å². The minimum absolute atomic E-state index is 0.218. The molecule has 2 aromatic rings. The first-order valence-corrected chi connectivity index (χ1v) is 8.80. The van der Waals surface area contributed by atoms with Crippen LogP contribution in [0, 0.1) is 0 Å². The van der Waals surface area contributed by atoms with E-state index in [1.54, 1.807) is 11.5 Å². The highest BCUT2D eigenvalue weighted by Crippen LogP contribution is 2.33. The van der Waals surface area contributed by atoms with E-state index in [0.29, 0.717) is 11.5 Å². The van der Waals surface area contributed by atoms with Crippen molar-refractivity contribution in [1.82, 2.24) is 5.48 Å². The van der Waals surface area contributed by atoms with Gasteiger partial charge in [-0.25, -0.2) is 5.48 Å². The van der Waals surface area contributed by atoms with Crippen LogP contribution in [0.1, 0.15) is 58.8 Å². The number of fused-ring (bicyclic) bond motifs is 1. The van der Waals surface area contributed by atoms with E-state index in [9.17, 15) is 4.79 Å². The molecule has 0 aliphatic heterocycles. The van der Waals surface area contributed by atoms with Gasteiger partial charge in [-0.1, -0.05) is 30.3 Å². The maximum absolute atomic E-state index is 11.7. The summed E-state index contributed by atoms with van der Waals surface area (Å²) >= 11 is 0. The number of aryl methyl sites for hydroxylation is 1. The summed E-state index contributed by atoms with van der Waals surface area (Å²) in [5, 5.41) is 8.84. The zero-order valence-corrected chi connectivity index (χ0v) is 14.9. The molecule has 132 valence electrons. The van der Waals surface area contributed by atoms with Crippen LogP contribution in [0.3, 0.4) is 0 Å². The number of hydrogen-bond acceptors (Lipinski definition) is 3. The van der Waals surface area contributed by atoms with Gasteiger partial charge in [0, 0.05) is 11.1 Å². The van der Waals surface area contributed by atoms with E-state index < -0.39 is 5.91 Å². The fraction of sp³-hybridized carbons (Fsp3) is 0.381. The molecular formula is C21H26N2O2. The summed E-state index contributed by atoms with van der Waals surface area (Å²) in [6.07, 6.45) is 3.88. The average molecular weight is 338 g/mol. The van der Waals surface area contributed by atoms with E-state index in [1.807, 2.05) is 26.0 Å². The van der Waals surface area contributed by atoms with Gasteiger partial charge in [-0.05, 0) is 79.8 Å². The quantitative estimate of drug-likeness (QED) is 0.591. The third-order valence-corrected chi connectivity index (χ3v) is 4.88. The van der Waals surface area contributed by atoms with Crippen molar-refractivity contribution in [3.63, 3.8) is 0 Å². The predicted octanol–water partition coefficient (Wildman–Crippen LogP) is 3.36. The molecule has 0 bridgehead atoms. The Kier molecular flexibility index (Phi) is 4.93. The second-order valence-corrected chi connectivity index (χ2v) is 7.77. The fourth-order valence-electron chi connectivity index (χ4n) is 3.73. The normalized spacial score (nSPS) is 17.0. The van der Waals surface area contributed by atoms with E-state index in [2.05, 4.69) is 24.3 Å². The van der Waals surface area contributed by atoms with Crippen molar-refractivity contribution >= 4 is 5.91 Å². The molecular weight excluding hydrogens is 312 g/mol. The van der Waals surface area contributed by atoms with Crippen LogP contribution in [-0.2, 0) is 19.3 Å². The van der Waals surface area contributed by atoms with Crippen LogP contribution in [0.2, 0.25) is 0 Å². The SMILES string of the molecule is CC(C)(N)Cc1cccc(C2CCc3ccc(C(=O)NO)cc3C2)c1. The molecule has 1 amide bonds. The summed E-state index contributed by atoms with van der Waals surface area (Å²) in [4.78, 5) is 11.7. The highest BCUT2D eigenvalue weighted by atomic mass is 16.5. The van der Waals surface area contributed by atoms with E-state index >= 15 is 0 Å². The molecule has 0 heterocycles. The molecule has 0 saturated heterocycles. The first kappa shape index (κ1) is 17.6. The highest BCUT2D eigenvalue weighted by molar-refractivity contribution is 5.93. The average Bonchev–Trinajstić information content (AvgIpc) is 2.59. The number of nitrogens with one attached hydrogen (secondary N) is 1. The molecule has 4 N–H and O–H groups in total. The lowest BCUT2D eigenvalue weighted by Crippen LogP contribution is -2.34. The topological polar surface area (TPSA) is 75.4 Å². The smallest absolute Gasteiger partial charge is 0.274 e. The van der Waals surface area contributed by atoms with Crippen molar-refractivity contribution in [3.8, 4) is 0 Å². The number of hydroxylamine groups is 1. The Balaban J connectivity index is 1.82. The van der Waals surface area contributed by atoms with Gasteiger partial charge in [0.2, 0.25) is 0 Å². The van der Waals surface area contributed by atoms with E-state index in [-0.39, 0.29) is 5.54 Å². The van der Waals surface area contributed by atoms with Crippen molar-refractivity contribution in [3.05, 3.63) is 70.3 Å². The monoisotopic (exact) mass is 338 g/mol. The molecule has 0 saturated carbocycles. The lowest BCUT2D eigenvalue weighted by Gasteiger charge is -2.26. The number of carbonyl (C=O) groups is 1. The van der Waals surface area contributed by atoms with E-state index in [0.717, 1.165) is 25.7 Å². The number of carbonyl (C=O) groups excluding carboxylic acids is 1. The minimum Gasteiger partial charge on any atom is -0.325 e. The van der Waals surface area contributed by atoms with Gasteiger partial charge in [-0.15, -0.1) is 0 Å². The Hall–Kier alpha value is -2.17. The standard InChI is InChI=1S/C21H26N2O2/c1-21(2,22)13-14-4-3-5-16(10-14)17-8-6-15-7-9-18(20(24)23-25)12-19(15)11-17/h3-5,7,9-10,12,17,25H,6,8,11,13,22H2,1-2H3,(H,23,24). The molecule has 4 nitrogen and oxygen atoms in total. The van der Waals surface area contributed by atoms with Gasteiger partial charge in [0.1, 0.15) is 0 Å². The van der Waals surface area contributed by atoms with Gasteiger partial charge < -0.3 is 5.73 Å². The fourth-order valence-corrected chi connectivity index (χ4v) is 3.73. The maximum atomic E-state index is 11.7. The van der Waals surface area contributed by atoms with Crippen LogP contribution in [0.25, 0.3) is 0 Å². The van der Waals surface area contributed by atoms with E-state index in [1.165, 1.54) is 22.3 Å². The summed E-state index contributed by atoms with van der Waals surface area (Å²) in [5.41, 5.74) is 13.2. The number of benzene rings is 2. The molecule has 1 aliphatic carbocycles. The van der Waals surface area contributed by atoms with Gasteiger partial charge in [-0.2, -0.15) is 0 Å². The number of nitrogens with two attached hydrogens (primary N) is 1. The Morgan fingerprint density at radius 2 is 2.04 bits per heavy atom. The van der Waals surface area contributed by atoms with Gasteiger partial charge in [0.05, 0.1) is 0 Å². The van der Waals surface area contributed by atoms with Gasteiger partial charge >= 0.3 is 0 Å². The van der Waals surface area contributed by atoms with Gasteiger partial charge in [0.25, 0.3) is 5.91 Å². The van der Waals surface area contributed by atoms with Gasteiger partial charge in [-0.3, -0.25) is 10.0 Å². The Morgan fingerprint density at radius 3 is 2.76 bits per heavy atom. The number of hydrogen-bond donors (Lipinski definition) is 3. The largest absolute Gasteiger partial charge is 0.325 e. The second kappa shape index (κ2) is 6.98. The summed E-state index contributed by atoms with van der Waals surface area (Å²) in [5.74, 6) is -0.0159. The van der Waals surface area contributed by atoms with Crippen LogP contribution in [0.5, 0.6) is 0 Å². The van der Waals surface area contributed by atoms with Crippen molar-refractivity contribution in [2.24, 2.45) is 5.73 Å². The zero-order chi connectivity index (χ0) is 18.0. The summed E-state index contributed by atoms with van der Waals surface area (Å²) in [6.45, 7) is 4.09. The maximum Gasteiger partial charge on any atom is 0.274 e. The van der Waals surface area contributed by atoms with Crippen molar-refractivity contribution < 1.29 is 10.0 Å². The lowest BCUT2D eigenvalue weighted by atomic mass is 9.79. The molecule has 0 aromatic heterocycles. The van der Waals surface area contributed by atoms with Crippen LogP contribution in [0.15, 0.2) is 42.5 Å². The molecule has 1 unspecified atom stereocenters. The minimum atomic E-state index is -0.461. The Morgan fingerprint density at radius 1 is 1.24 bits per heavy atom. The van der Waals surface area contributed by atoms with Crippen LogP contribution < -0.4 is 11.2 Å². The molecule has 0 radical (unpaired) electrons. The molecule has 25 heavy (non-hydrogen) atoms. The van der Waals surface area contributed by atoms with Crippen molar-refractivity contribution in [2.75, 3.05) is 0 Å². The highest BCUT2D eigenvalue weighted by Gasteiger charge is 2.22. The zero-order valence-electron chi connectivity index (χ0n) is 14.9. The molecule has 0 spiro atoms. The van der Waals surface area contributed by atoms with Crippen LogP contribution in [0.4, 0.5) is 0 Å². The molecule has 1 atom stereocenters. The number of amides is 1. The van der Waals surface area contributed by atoms with Crippen LogP contribution >= 0.6 is 0 Å². The lowest BCUT2D eigenvalue weighted by molar-refractivity contribution is 0.0706. The van der Waals surface area contributed by atoms with Gasteiger partial charge in [0.15, 0.2) is 0 Å². The Labute approximate surface area is 149 Å². The molecule has 2 aromatic carbocycles. The first-order chi connectivity index (χ1) is 11.9. The molecule has 1 aliphatic rings. The van der Waals surface area contributed by atoms with Crippen molar-refractivity contribution in [1.29, 1.82) is 0 Å². The molecule has 0 fully saturated rings. The third-order valence-electron chi connectivity index (χ3n) is 4.88. The third kappa shape index (κ3) is 4.27. The second-order valence-electron chi connectivity index (χ2n) is 7.77. The molecule has 3 rings (SSSR count). The predicted molar refractivity (Wildman–Crippen MR) is 98.9 cm³/mol. The van der Waals surface area contributed by atoms with Crippen molar-refractivity contribution in [2.45, 2.75) is 51.0 Å². The Bertz CT molecular complexity index is 778.